The van der Waals surface area contributed by atoms with Crippen LogP contribution < -0.4 is 21.7 Å². The number of para-hydroxylation sites is 1. The van der Waals surface area contributed by atoms with Gasteiger partial charge in [0.25, 0.3) is 0 Å². The Bertz CT molecular complexity index is 1350. The van der Waals surface area contributed by atoms with Crippen LogP contribution >= 0.6 is 0 Å². The quantitative estimate of drug-likeness (QED) is 0.110. The number of aliphatic hydroxyl groups is 1. The van der Waals surface area contributed by atoms with E-state index in [1.54, 1.807) is 18.3 Å². The Balaban J connectivity index is 1.82. The van der Waals surface area contributed by atoms with E-state index in [4.69, 9.17) is 5.73 Å². The number of carboxylic acids is 2. The van der Waals surface area contributed by atoms with Gasteiger partial charge in [0.15, 0.2) is 0 Å². The molecule has 5 atom stereocenters. The van der Waals surface area contributed by atoms with Gasteiger partial charge < -0.3 is 47.0 Å². The van der Waals surface area contributed by atoms with E-state index in [9.17, 15) is 39.3 Å². The van der Waals surface area contributed by atoms with Gasteiger partial charge in [-0.2, -0.15) is 0 Å². The molecular weight excluding hydrogens is 526 g/mol. The van der Waals surface area contributed by atoms with Crippen LogP contribution in [0, 0.1) is 0 Å². The van der Waals surface area contributed by atoms with Gasteiger partial charge in [-0.1, -0.05) is 18.2 Å². The van der Waals surface area contributed by atoms with Gasteiger partial charge in [0.05, 0.1) is 18.9 Å². The van der Waals surface area contributed by atoms with E-state index < -0.39 is 66.4 Å². The lowest BCUT2D eigenvalue weighted by Crippen LogP contribution is -2.59. The molecule has 5 unspecified atom stereocenters. The molecule has 0 fully saturated rings. The second kappa shape index (κ2) is 13.3. The molecule has 15 nitrogen and oxygen atoms in total. The van der Waals surface area contributed by atoms with Gasteiger partial charge in [-0.05, 0) is 18.6 Å². The van der Waals surface area contributed by atoms with Crippen molar-refractivity contribution < 1.29 is 39.3 Å². The third-order valence-corrected chi connectivity index (χ3v) is 6.16. The van der Waals surface area contributed by atoms with E-state index in [0.29, 0.717) is 11.3 Å². The molecule has 1 aromatic carbocycles. The zero-order chi connectivity index (χ0) is 29.4. The third kappa shape index (κ3) is 7.87. The molecule has 0 spiro atoms. The summed E-state index contributed by atoms with van der Waals surface area (Å²) >= 11 is 0. The summed E-state index contributed by atoms with van der Waals surface area (Å²) in [5.41, 5.74) is 7.53. The number of imidazole rings is 1. The Hall–Kier alpha value is -4.76. The van der Waals surface area contributed by atoms with Gasteiger partial charge in [0, 0.05) is 41.8 Å². The number of carbonyl (C=O) groups is 5. The number of carbonyl (C=O) groups excluding carboxylic acids is 3. The van der Waals surface area contributed by atoms with Crippen molar-refractivity contribution in [2.75, 3.05) is 0 Å². The first-order valence-electron chi connectivity index (χ1n) is 12.3. The standard InChI is InChI=1S/C25H31N7O8/c1-12(33)21(26)24(38)31-17(6-13-9-28-16-5-3-2-4-15(13)16)22(36)30-18(8-20(34)35)23(37)32-19(25(39)40)7-14-10-27-11-29-14/h2-5,9-12,17-19,21,28,33H,6-8,26H2,1H3,(H,27,29)(H,30,36)(H,31,38)(H,32,37)(H,34,35)(H,39,40). The number of hydrogen-bond acceptors (Lipinski definition) is 8. The molecule has 0 saturated carbocycles. The van der Waals surface area contributed by atoms with Crippen molar-refractivity contribution >= 4 is 40.6 Å². The first-order chi connectivity index (χ1) is 19.0. The predicted octanol–water partition coefficient (Wildman–Crippen LogP) is -1.60. The predicted molar refractivity (Wildman–Crippen MR) is 140 cm³/mol. The zero-order valence-corrected chi connectivity index (χ0v) is 21.5. The number of nitrogens with one attached hydrogen (secondary N) is 5. The fourth-order valence-electron chi connectivity index (χ4n) is 3.96. The highest BCUT2D eigenvalue weighted by Gasteiger charge is 2.32. The summed E-state index contributed by atoms with van der Waals surface area (Å²) in [6.45, 7) is 1.30. The maximum absolute atomic E-state index is 13.4. The normalized spacial score (nSPS) is 14.9. The van der Waals surface area contributed by atoms with Crippen LogP contribution in [0.5, 0.6) is 0 Å². The lowest BCUT2D eigenvalue weighted by Gasteiger charge is -2.25. The summed E-state index contributed by atoms with van der Waals surface area (Å²) in [5, 5.41) is 36.4. The van der Waals surface area contributed by atoms with Crippen molar-refractivity contribution in [3.63, 3.8) is 0 Å². The van der Waals surface area contributed by atoms with Gasteiger partial charge in [-0.15, -0.1) is 0 Å². The Kier molecular flexibility index (Phi) is 9.94. The van der Waals surface area contributed by atoms with Crippen LogP contribution in [0.2, 0.25) is 0 Å². The molecule has 10 N–H and O–H groups in total. The molecular formula is C25H31N7O8. The van der Waals surface area contributed by atoms with E-state index in [-0.39, 0.29) is 12.8 Å². The molecule has 15 heteroatoms. The molecule has 0 radical (unpaired) electrons. The number of rotatable bonds is 14. The smallest absolute Gasteiger partial charge is 0.326 e. The molecule has 0 aliphatic rings. The summed E-state index contributed by atoms with van der Waals surface area (Å²) in [7, 11) is 0. The van der Waals surface area contributed by atoms with Crippen LogP contribution in [0.15, 0.2) is 43.0 Å². The van der Waals surface area contributed by atoms with Crippen LogP contribution in [0.4, 0.5) is 0 Å². The fourth-order valence-corrected chi connectivity index (χ4v) is 3.96. The molecule has 0 saturated heterocycles. The Morgan fingerprint density at radius 2 is 1.57 bits per heavy atom. The number of nitrogens with two attached hydrogens (primary N) is 1. The molecule has 0 bridgehead atoms. The monoisotopic (exact) mass is 557 g/mol. The number of aromatic nitrogens is 3. The number of H-pyrrole nitrogens is 2. The molecule has 3 amide bonds. The minimum atomic E-state index is -1.68. The van der Waals surface area contributed by atoms with E-state index in [1.807, 2.05) is 12.1 Å². The van der Waals surface area contributed by atoms with Crippen LogP contribution in [-0.4, -0.2) is 90.2 Å². The molecule has 0 aliphatic carbocycles. The summed E-state index contributed by atoms with van der Waals surface area (Å²) in [6, 6.07) is 1.37. The van der Waals surface area contributed by atoms with Gasteiger partial charge in [-0.3, -0.25) is 19.2 Å². The second-order valence-electron chi connectivity index (χ2n) is 9.23. The number of aromatic amines is 2. The highest BCUT2D eigenvalue weighted by molar-refractivity contribution is 5.96. The van der Waals surface area contributed by atoms with Crippen molar-refractivity contribution in [2.45, 2.75) is 56.5 Å². The largest absolute Gasteiger partial charge is 0.481 e. The minimum absolute atomic E-state index is 0.0763. The second-order valence-corrected chi connectivity index (χ2v) is 9.23. The van der Waals surface area contributed by atoms with Crippen LogP contribution in [0.3, 0.4) is 0 Å². The van der Waals surface area contributed by atoms with Gasteiger partial charge in [0.2, 0.25) is 17.7 Å². The van der Waals surface area contributed by atoms with Gasteiger partial charge in [-0.25, -0.2) is 9.78 Å². The SMILES string of the molecule is CC(O)C(N)C(=O)NC(Cc1c[nH]c2ccccc12)C(=O)NC(CC(=O)O)C(=O)NC(Cc1cnc[nH]1)C(=O)O. The van der Waals surface area contributed by atoms with Crippen LogP contribution in [0.1, 0.15) is 24.6 Å². The highest BCUT2D eigenvalue weighted by atomic mass is 16.4. The number of carboxylic acid groups (broad SMARTS) is 2. The molecule has 3 aromatic rings. The number of hydrogen-bond donors (Lipinski definition) is 9. The first kappa shape index (κ1) is 29.8. The van der Waals surface area contributed by atoms with Crippen molar-refractivity contribution in [2.24, 2.45) is 5.73 Å². The minimum Gasteiger partial charge on any atom is -0.481 e. The maximum Gasteiger partial charge on any atom is 0.326 e. The Morgan fingerprint density at radius 3 is 2.20 bits per heavy atom. The average Bonchev–Trinajstić information content (AvgIpc) is 3.56. The fraction of sp³-hybridized carbons (Fsp3) is 0.360. The number of fused-ring (bicyclic) bond motifs is 1. The van der Waals surface area contributed by atoms with Gasteiger partial charge in [0.1, 0.15) is 24.2 Å². The molecule has 2 aromatic heterocycles. The molecule has 3 rings (SSSR count). The van der Waals surface area contributed by atoms with E-state index >= 15 is 0 Å². The Labute approximate surface area is 227 Å². The van der Waals surface area contributed by atoms with E-state index in [1.165, 1.54) is 19.4 Å². The topological polar surface area (TPSA) is 253 Å². The van der Waals surface area contributed by atoms with Crippen molar-refractivity contribution in [1.29, 1.82) is 0 Å². The molecule has 0 aliphatic heterocycles. The van der Waals surface area contributed by atoms with Crippen molar-refractivity contribution in [1.82, 2.24) is 30.9 Å². The van der Waals surface area contributed by atoms with Crippen LogP contribution in [0.25, 0.3) is 10.9 Å². The van der Waals surface area contributed by atoms with E-state index in [2.05, 4.69) is 30.9 Å². The number of benzene rings is 1. The highest BCUT2D eigenvalue weighted by Crippen LogP contribution is 2.19. The summed E-state index contributed by atoms with van der Waals surface area (Å²) < 4.78 is 0. The molecule has 214 valence electrons. The Morgan fingerprint density at radius 1 is 0.925 bits per heavy atom. The zero-order valence-electron chi connectivity index (χ0n) is 21.5. The summed E-state index contributed by atoms with van der Waals surface area (Å²) in [6.07, 6.45) is 1.99. The van der Waals surface area contributed by atoms with E-state index in [0.717, 1.165) is 10.9 Å². The lowest BCUT2D eigenvalue weighted by atomic mass is 10.0. The van der Waals surface area contributed by atoms with Crippen molar-refractivity contribution in [3.05, 3.63) is 54.2 Å². The summed E-state index contributed by atoms with van der Waals surface area (Å²) in [5.74, 6) is -5.65. The number of aliphatic hydroxyl groups excluding tert-OH is 1. The van der Waals surface area contributed by atoms with Crippen LogP contribution in [-0.2, 0) is 36.8 Å². The number of nitrogens with zero attached hydrogens (tertiary/aromatic N) is 1. The lowest BCUT2D eigenvalue weighted by molar-refractivity contribution is -0.143. The van der Waals surface area contributed by atoms with Gasteiger partial charge >= 0.3 is 11.9 Å². The molecule has 2 heterocycles. The molecule has 40 heavy (non-hydrogen) atoms. The summed E-state index contributed by atoms with van der Waals surface area (Å²) in [4.78, 5) is 71.7. The van der Waals surface area contributed by atoms with Crippen molar-refractivity contribution in [3.8, 4) is 0 Å². The third-order valence-electron chi connectivity index (χ3n) is 6.16. The first-order valence-corrected chi connectivity index (χ1v) is 12.3. The number of amides is 3. The number of aliphatic carboxylic acids is 2. The average molecular weight is 558 g/mol. The maximum atomic E-state index is 13.4.